The maximum Gasteiger partial charge on any atom is 0.133 e. The molecule has 1 N–H and O–H groups in total. The van der Waals surface area contributed by atoms with Gasteiger partial charge in [-0.05, 0) is 46.5 Å². The van der Waals surface area contributed by atoms with Crippen molar-refractivity contribution in [2.75, 3.05) is 7.11 Å². The van der Waals surface area contributed by atoms with Crippen LogP contribution >= 0.6 is 15.9 Å². The molecule has 0 aliphatic rings. The summed E-state index contributed by atoms with van der Waals surface area (Å²) in [5, 5.41) is 10.4. The van der Waals surface area contributed by atoms with Gasteiger partial charge >= 0.3 is 0 Å². The summed E-state index contributed by atoms with van der Waals surface area (Å²) in [6.07, 6.45) is 1.63. The van der Waals surface area contributed by atoms with Crippen molar-refractivity contribution in [3.8, 4) is 5.75 Å². The minimum atomic E-state index is -0.664. The fraction of sp³-hybridized carbons (Fsp3) is 0.571. The number of halogens is 1. The van der Waals surface area contributed by atoms with Crippen molar-refractivity contribution in [1.82, 2.24) is 0 Å². The maximum absolute atomic E-state index is 10.4. The van der Waals surface area contributed by atoms with E-state index in [2.05, 4.69) is 29.8 Å². The molecule has 0 saturated carbocycles. The van der Waals surface area contributed by atoms with Gasteiger partial charge < -0.3 is 9.84 Å². The number of aliphatic hydroxyl groups is 1. The molecule has 1 rings (SSSR count). The highest BCUT2D eigenvalue weighted by molar-refractivity contribution is 9.10. The molecule has 0 heterocycles. The molecule has 0 fully saturated rings. The van der Waals surface area contributed by atoms with E-state index in [0.29, 0.717) is 6.42 Å². The molecular formula is C14H21BrO2. The fourth-order valence-electron chi connectivity index (χ4n) is 1.85. The lowest BCUT2D eigenvalue weighted by molar-refractivity contribution is 0.00515. The molecule has 1 aromatic carbocycles. The smallest absolute Gasteiger partial charge is 0.133 e. The molecule has 0 amide bonds. The summed E-state index contributed by atoms with van der Waals surface area (Å²) in [7, 11) is 1.65. The molecule has 2 atom stereocenters. The summed E-state index contributed by atoms with van der Waals surface area (Å²) >= 11 is 3.46. The van der Waals surface area contributed by atoms with E-state index in [0.717, 1.165) is 22.2 Å². The van der Waals surface area contributed by atoms with Crippen LogP contribution in [0.3, 0.4) is 0 Å². The lowest BCUT2D eigenvalue weighted by atomic mass is 9.83. The monoisotopic (exact) mass is 300 g/mol. The van der Waals surface area contributed by atoms with Crippen molar-refractivity contribution >= 4 is 15.9 Å². The van der Waals surface area contributed by atoms with Crippen LogP contribution in [0.2, 0.25) is 0 Å². The minimum Gasteiger partial charge on any atom is -0.496 e. The van der Waals surface area contributed by atoms with Crippen LogP contribution in [-0.4, -0.2) is 17.8 Å². The number of benzene rings is 1. The Balaban J connectivity index is 2.85. The lowest BCUT2D eigenvalue weighted by Crippen LogP contribution is -2.34. The minimum absolute atomic E-state index is 0.281. The predicted octanol–water partition coefficient (Wildman–Crippen LogP) is 3.80. The van der Waals surface area contributed by atoms with Crippen LogP contribution in [0.25, 0.3) is 0 Å². The van der Waals surface area contributed by atoms with E-state index in [1.807, 2.05) is 25.1 Å². The molecular weight excluding hydrogens is 280 g/mol. The second kappa shape index (κ2) is 5.87. The number of hydrogen-bond acceptors (Lipinski definition) is 2. The van der Waals surface area contributed by atoms with Crippen LogP contribution < -0.4 is 4.74 Å². The highest BCUT2D eigenvalue weighted by Gasteiger charge is 2.27. The topological polar surface area (TPSA) is 29.5 Å². The first-order valence-corrected chi connectivity index (χ1v) is 6.74. The normalized spacial score (nSPS) is 16.4. The Morgan fingerprint density at radius 2 is 2.12 bits per heavy atom. The Hall–Kier alpha value is -0.540. The van der Waals surface area contributed by atoms with E-state index in [4.69, 9.17) is 4.74 Å². The van der Waals surface area contributed by atoms with Crippen LogP contribution in [0.4, 0.5) is 0 Å². The summed E-state index contributed by atoms with van der Waals surface area (Å²) in [6.45, 7) is 6.08. The molecule has 0 aliphatic carbocycles. The zero-order chi connectivity index (χ0) is 13.1. The molecule has 0 spiro atoms. The van der Waals surface area contributed by atoms with Crippen LogP contribution in [0.15, 0.2) is 22.7 Å². The summed E-state index contributed by atoms with van der Waals surface area (Å²) in [6, 6.07) is 5.93. The average Bonchev–Trinajstić information content (AvgIpc) is 2.27. The maximum atomic E-state index is 10.4. The van der Waals surface area contributed by atoms with Crippen LogP contribution in [0.5, 0.6) is 5.75 Å². The second-order valence-electron chi connectivity index (χ2n) is 4.81. The van der Waals surface area contributed by atoms with Crippen LogP contribution in [0.1, 0.15) is 32.8 Å². The first-order valence-electron chi connectivity index (χ1n) is 5.95. The Labute approximate surface area is 112 Å². The Morgan fingerprint density at radius 1 is 1.47 bits per heavy atom. The predicted molar refractivity (Wildman–Crippen MR) is 74.5 cm³/mol. The third kappa shape index (κ3) is 3.71. The summed E-state index contributed by atoms with van der Waals surface area (Å²) in [5.41, 5.74) is 0.450. The molecule has 0 radical (unpaired) electrons. The first kappa shape index (κ1) is 14.5. The highest BCUT2D eigenvalue weighted by Crippen LogP contribution is 2.29. The van der Waals surface area contributed by atoms with E-state index < -0.39 is 5.60 Å². The molecule has 3 heteroatoms. The van der Waals surface area contributed by atoms with Gasteiger partial charge in [-0.2, -0.15) is 0 Å². The molecule has 96 valence electrons. The Morgan fingerprint density at radius 3 is 2.59 bits per heavy atom. The van der Waals surface area contributed by atoms with E-state index in [9.17, 15) is 5.11 Å². The van der Waals surface area contributed by atoms with Crippen LogP contribution in [-0.2, 0) is 6.42 Å². The molecule has 0 saturated heterocycles. The summed E-state index contributed by atoms with van der Waals surface area (Å²) < 4.78 is 6.12. The van der Waals surface area contributed by atoms with Gasteiger partial charge in [0.1, 0.15) is 5.75 Å². The fourth-order valence-corrected chi connectivity index (χ4v) is 2.44. The molecule has 0 aromatic heterocycles. The number of methoxy groups -OCH3 is 1. The van der Waals surface area contributed by atoms with Gasteiger partial charge in [0.05, 0.1) is 17.2 Å². The van der Waals surface area contributed by atoms with E-state index in [1.54, 1.807) is 7.11 Å². The molecule has 2 unspecified atom stereocenters. The standard InChI is InChI=1S/C14H21BrO2/c1-5-10(2)14(3,16)9-11-6-7-13(17-4)12(15)8-11/h6-8,10,16H,5,9H2,1-4H3. The SMILES string of the molecule is CCC(C)C(C)(O)Cc1ccc(OC)c(Br)c1. The third-order valence-electron chi connectivity index (χ3n) is 3.45. The zero-order valence-corrected chi connectivity index (χ0v) is 12.5. The van der Waals surface area contributed by atoms with Gasteiger partial charge in [-0.3, -0.25) is 0 Å². The van der Waals surface area contributed by atoms with Gasteiger partial charge in [-0.15, -0.1) is 0 Å². The van der Waals surface area contributed by atoms with Crippen molar-refractivity contribution in [1.29, 1.82) is 0 Å². The van der Waals surface area contributed by atoms with E-state index >= 15 is 0 Å². The lowest BCUT2D eigenvalue weighted by Gasteiger charge is -2.30. The van der Waals surface area contributed by atoms with Crippen molar-refractivity contribution in [3.05, 3.63) is 28.2 Å². The van der Waals surface area contributed by atoms with Gasteiger partial charge in [0.25, 0.3) is 0 Å². The third-order valence-corrected chi connectivity index (χ3v) is 4.07. The van der Waals surface area contributed by atoms with E-state index in [-0.39, 0.29) is 5.92 Å². The number of rotatable bonds is 5. The number of hydrogen-bond donors (Lipinski definition) is 1. The van der Waals surface area contributed by atoms with Gasteiger partial charge in [-0.25, -0.2) is 0 Å². The summed E-state index contributed by atoms with van der Waals surface area (Å²) in [4.78, 5) is 0. The summed E-state index contributed by atoms with van der Waals surface area (Å²) in [5.74, 6) is 1.10. The molecule has 1 aromatic rings. The van der Waals surface area contributed by atoms with Gasteiger partial charge in [-0.1, -0.05) is 26.3 Å². The van der Waals surface area contributed by atoms with Crippen molar-refractivity contribution in [3.63, 3.8) is 0 Å². The second-order valence-corrected chi connectivity index (χ2v) is 5.67. The zero-order valence-electron chi connectivity index (χ0n) is 11.0. The quantitative estimate of drug-likeness (QED) is 0.896. The first-order chi connectivity index (χ1) is 7.90. The Bertz CT molecular complexity index is 374. The van der Waals surface area contributed by atoms with Crippen molar-refractivity contribution in [2.45, 2.75) is 39.2 Å². The molecule has 0 bridgehead atoms. The molecule has 17 heavy (non-hydrogen) atoms. The van der Waals surface area contributed by atoms with Crippen LogP contribution in [0, 0.1) is 5.92 Å². The molecule has 0 aliphatic heterocycles. The van der Waals surface area contributed by atoms with Crippen molar-refractivity contribution in [2.24, 2.45) is 5.92 Å². The van der Waals surface area contributed by atoms with Gasteiger partial charge in [0.2, 0.25) is 0 Å². The van der Waals surface area contributed by atoms with Crippen molar-refractivity contribution < 1.29 is 9.84 Å². The Kier molecular flexibility index (Phi) is 5.02. The highest BCUT2D eigenvalue weighted by atomic mass is 79.9. The van der Waals surface area contributed by atoms with Gasteiger partial charge in [0, 0.05) is 6.42 Å². The van der Waals surface area contributed by atoms with E-state index in [1.165, 1.54) is 0 Å². The number of ether oxygens (including phenoxy) is 1. The largest absolute Gasteiger partial charge is 0.496 e. The average molecular weight is 301 g/mol. The molecule has 2 nitrogen and oxygen atoms in total. The van der Waals surface area contributed by atoms with Gasteiger partial charge in [0.15, 0.2) is 0 Å².